The minimum Gasteiger partial charge on any atom is -0.378 e. The third-order valence-electron chi connectivity index (χ3n) is 6.67. The monoisotopic (exact) mass is 554 g/mol. The molecular formula is C24H27F5N8O2. The number of nitrogens with one attached hydrogen (secondary N) is 2. The highest BCUT2D eigenvalue weighted by atomic mass is 19.4. The molecule has 0 spiro atoms. The fourth-order valence-corrected chi connectivity index (χ4v) is 4.85. The Morgan fingerprint density at radius 3 is 2.33 bits per heavy atom. The highest BCUT2D eigenvalue weighted by Gasteiger charge is 2.33. The van der Waals surface area contributed by atoms with Gasteiger partial charge < -0.3 is 20.3 Å². The zero-order valence-corrected chi connectivity index (χ0v) is 20.8. The number of alkyl halides is 5. The summed E-state index contributed by atoms with van der Waals surface area (Å²) in [5.41, 5.74) is 0.800. The Kier molecular flexibility index (Phi) is 7.77. The fourth-order valence-electron chi connectivity index (χ4n) is 4.85. The second kappa shape index (κ2) is 11.2. The summed E-state index contributed by atoms with van der Waals surface area (Å²) in [4.78, 5) is 31.2. The van der Waals surface area contributed by atoms with Crippen LogP contribution in [0.1, 0.15) is 44.4 Å². The molecule has 2 aliphatic rings. The Morgan fingerprint density at radius 2 is 1.64 bits per heavy atom. The van der Waals surface area contributed by atoms with Crippen molar-refractivity contribution in [1.82, 2.24) is 29.8 Å². The summed E-state index contributed by atoms with van der Waals surface area (Å²) in [7, 11) is 0. The normalized spacial score (nSPS) is 20.4. The van der Waals surface area contributed by atoms with Crippen molar-refractivity contribution in [3.8, 4) is 5.95 Å². The van der Waals surface area contributed by atoms with Gasteiger partial charge in [-0.1, -0.05) is 12.1 Å². The SMILES string of the molecule is O=C(CC(F)(F)F)N[C@H]1CC[C@H](Nc2nc(N3CCOCC3)nc(-n3c(C(F)F)nc4ccccc43)n2)CC1. The third-order valence-corrected chi connectivity index (χ3v) is 6.67. The maximum absolute atomic E-state index is 14.0. The molecule has 1 aliphatic heterocycles. The van der Waals surface area contributed by atoms with Crippen LogP contribution in [0.2, 0.25) is 0 Å². The van der Waals surface area contributed by atoms with Crippen LogP contribution in [0.4, 0.5) is 33.8 Å². The second-order valence-electron chi connectivity index (χ2n) is 9.51. The molecule has 0 bridgehead atoms. The Hall–Kier alpha value is -3.62. The fraction of sp³-hybridized carbons (Fsp3) is 0.542. The summed E-state index contributed by atoms with van der Waals surface area (Å²) < 4.78 is 72.1. The Bertz CT molecular complexity index is 1300. The van der Waals surface area contributed by atoms with Crippen molar-refractivity contribution in [2.24, 2.45) is 0 Å². The van der Waals surface area contributed by atoms with Gasteiger partial charge in [0.2, 0.25) is 23.8 Å². The molecule has 1 saturated heterocycles. The summed E-state index contributed by atoms with van der Waals surface area (Å²) in [6, 6.07) is 6.21. The molecule has 1 amide bonds. The van der Waals surface area contributed by atoms with Gasteiger partial charge in [0.1, 0.15) is 6.42 Å². The molecule has 1 saturated carbocycles. The van der Waals surface area contributed by atoms with Crippen molar-refractivity contribution in [2.75, 3.05) is 36.5 Å². The van der Waals surface area contributed by atoms with Gasteiger partial charge in [0.05, 0.1) is 24.2 Å². The minimum absolute atomic E-state index is 0.00825. The number of aromatic nitrogens is 5. The van der Waals surface area contributed by atoms with E-state index in [2.05, 4.69) is 30.6 Å². The van der Waals surface area contributed by atoms with Crippen LogP contribution in [0, 0.1) is 0 Å². The standard InChI is InChI=1S/C24H27F5N8O2/c25-19(26)20-32-16-3-1-2-4-17(16)37(20)23-34-21(33-22(35-23)36-9-11-39-12-10-36)31-15-7-5-14(6-8-15)30-18(38)13-24(27,28)29/h1-4,14-15,19H,5-13H2,(H,30,38)(H,31,33,34,35)/t14-,15-. The van der Waals surface area contributed by atoms with Gasteiger partial charge >= 0.3 is 6.18 Å². The van der Waals surface area contributed by atoms with Crippen LogP contribution in [0.25, 0.3) is 17.0 Å². The number of morpholine rings is 1. The van der Waals surface area contributed by atoms with Gasteiger partial charge in [-0.2, -0.15) is 28.1 Å². The number of amides is 1. The number of carbonyl (C=O) groups excluding carboxylic acids is 1. The molecule has 1 aliphatic carbocycles. The van der Waals surface area contributed by atoms with Crippen LogP contribution in [0.15, 0.2) is 24.3 Å². The van der Waals surface area contributed by atoms with Gasteiger partial charge in [-0.3, -0.25) is 9.36 Å². The van der Waals surface area contributed by atoms with E-state index in [1.807, 2.05) is 4.90 Å². The molecule has 0 unspecified atom stereocenters. The van der Waals surface area contributed by atoms with Crippen molar-refractivity contribution in [2.45, 2.75) is 56.8 Å². The number of carbonyl (C=O) groups is 1. The second-order valence-corrected chi connectivity index (χ2v) is 9.51. The van der Waals surface area contributed by atoms with Crippen molar-refractivity contribution in [3.05, 3.63) is 30.1 Å². The topological polar surface area (TPSA) is 110 Å². The largest absolute Gasteiger partial charge is 0.397 e. The summed E-state index contributed by atoms with van der Waals surface area (Å²) in [5.74, 6) is -1.05. The number of fused-ring (bicyclic) bond motifs is 1. The first-order valence-corrected chi connectivity index (χ1v) is 12.6. The average molecular weight is 555 g/mol. The van der Waals surface area contributed by atoms with E-state index in [0.717, 1.165) is 0 Å². The van der Waals surface area contributed by atoms with E-state index < -0.39 is 30.8 Å². The van der Waals surface area contributed by atoms with E-state index in [1.165, 1.54) is 4.57 Å². The molecule has 2 N–H and O–H groups in total. The number of ether oxygens (including phenoxy) is 1. The van der Waals surface area contributed by atoms with E-state index in [9.17, 15) is 26.7 Å². The Labute approximate surface area is 220 Å². The number of imidazole rings is 1. The number of hydrogen-bond acceptors (Lipinski definition) is 8. The predicted octanol–water partition coefficient (Wildman–Crippen LogP) is 3.78. The van der Waals surface area contributed by atoms with Crippen LogP contribution in [-0.4, -0.2) is 75.0 Å². The first-order chi connectivity index (χ1) is 18.7. The summed E-state index contributed by atoms with van der Waals surface area (Å²) in [6.07, 6.45) is -6.91. The number of para-hydroxylation sites is 2. The Balaban J connectivity index is 1.38. The summed E-state index contributed by atoms with van der Waals surface area (Å²) >= 11 is 0. The third kappa shape index (κ3) is 6.52. The van der Waals surface area contributed by atoms with E-state index in [4.69, 9.17) is 4.74 Å². The molecule has 1 aromatic carbocycles. The molecule has 3 aromatic rings. The number of halogens is 5. The van der Waals surface area contributed by atoms with Gasteiger partial charge in [-0.15, -0.1) is 0 Å². The lowest BCUT2D eigenvalue weighted by Gasteiger charge is -2.30. The van der Waals surface area contributed by atoms with E-state index >= 15 is 0 Å². The number of rotatable bonds is 7. The quantitative estimate of drug-likeness (QED) is 0.425. The molecule has 10 nitrogen and oxygen atoms in total. The van der Waals surface area contributed by atoms with Crippen molar-refractivity contribution >= 4 is 28.8 Å². The molecule has 3 heterocycles. The molecule has 5 rings (SSSR count). The number of anilines is 2. The minimum atomic E-state index is -4.55. The molecule has 2 fully saturated rings. The zero-order valence-electron chi connectivity index (χ0n) is 20.8. The van der Waals surface area contributed by atoms with Crippen molar-refractivity contribution in [3.63, 3.8) is 0 Å². The maximum Gasteiger partial charge on any atom is 0.397 e. The summed E-state index contributed by atoms with van der Waals surface area (Å²) in [5, 5.41) is 5.68. The molecule has 2 aromatic heterocycles. The van der Waals surface area contributed by atoms with Crippen molar-refractivity contribution in [1.29, 1.82) is 0 Å². The number of hydrogen-bond donors (Lipinski definition) is 2. The van der Waals surface area contributed by atoms with Gasteiger partial charge in [0.15, 0.2) is 5.82 Å². The van der Waals surface area contributed by atoms with Gasteiger partial charge in [0.25, 0.3) is 6.43 Å². The lowest BCUT2D eigenvalue weighted by Crippen LogP contribution is -2.41. The van der Waals surface area contributed by atoms with Crippen LogP contribution in [-0.2, 0) is 9.53 Å². The van der Waals surface area contributed by atoms with E-state index in [0.29, 0.717) is 69.0 Å². The highest BCUT2D eigenvalue weighted by molar-refractivity contribution is 5.78. The molecule has 210 valence electrons. The molecule has 39 heavy (non-hydrogen) atoms. The van der Waals surface area contributed by atoms with Gasteiger partial charge in [-0.05, 0) is 37.8 Å². The van der Waals surface area contributed by atoms with Gasteiger partial charge in [-0.25, -0.2) is 13.8 Å². The predicted molar refractivity (Wildman–Crippen MR) is 131 cm³/mol. The first-order valence-electron chi connectivity index (χ1n) is 12.6. The molecule has 0 radical (unpaired) electrons. The maximum atomic E-state index is 14.0. The molecular weight excluding hydrogens is 527 g/mol. The smallest absolute Gasteiger partial charge is 0.378 e. The van der Waals surface area contributed by atoms with Gasteiger partial charge in [0, 0.05) is 25.2 Å². The van der Waals surface area contributed by atoms with E-state index in [-0.39, 0.29) is 24.0 Å². The number of benzene rings is 1. The van der Waals surface area contributed by atoms with Crippen LogP contribution in [0.5, 0.6) is 0 Å². The van der Waals surface area contributed by atoms with Crippen LogP contribution >= 0.6 is 0 Å². The molecule has 0 atom stereocenters. The summed E-state index contributed by atoms with van der Waals surface area (Å²) in [6.45, 7) is 1.95. The lowest BCUT2D eigenvalue weighted by molar-refractivity contribution is -0.154. The zero-order chi connectivity index (χ0) is 27.6. The van der Waals surface area contributed by atoms with Crippen LogP contribution in [0.3, 0.4) is 0 Å². The average Bonchev–Trinajstić information content (AvgIpc) is 3.29. The lowest BCUT2D eigenvalue weighted by atomic mass is 9.91. The molecule has 15 heteroatoms. The van der Waals surface area contributed by atoms with E-state index in [1.54, 1.807) is 24.3 Å². The highest BCUT2D eigenvalue weighted by Crippen LogP contribution is 2.29. The van der Waals surface area contributed by atoms with Crippen molar-refractivity contribution < 1.29 is 31.5 Å². The first kappa shape index (κ1) is 27.0. The van der Waals surface area contributed by atoms with Crippen LogP contribution < -0.4 is 15.5 Å². The number of nitrogens with zero attached hydrogens (tertiary/aromatic N) is 6. The Morgan fingerprint density at radius 1 is 0.974 bits per heavy atom.